The van der Waals surface area contributed by atoms with Crippen LogP contribution in [0.5, 0.6) is 0 Å². The molecule has 0 amide bonds. The second-order valence-corrected chi connectivity index (χ2v) is 10.2. The Labute approximate surface area is 205 Å². The van der Waals surface area contributed by atoms with E-state index in [-0.39, 0.29) is 37.1 Å². The van der Waals surface area contributed by atoms with Crippen LogP contribution in [0.2, 0.25) is 0 Å². The van der Waals surface area contributed by atoms with Gasteiger partial charge in [0.25, 0.3) is 0 Å². The van der Waals surface area contributed by atoms with Crippen LogP contribution in [0.1, 0.15) is 56.8 Å². The number of aliphatic hydroxyl groups excluding tert-OH is 1. The lowest BCUT2D eigenvalue weighted by atomic mass is 9.88. The van der Waals surface area contributed by atoms with Crippen LogP contribution < -0.4 is 0 Å². The van der Waals surface area contributed by atoms with Crippen molar-refractivity contribution in [2.75, 3.05) is 6.61 Å². The van der Waals surface area contributed by atoms with Crippen molar-refractivity contribution in [3.8, 4) is 11.1 Å². The molecule has 186 valence electrons. The molecule has 1 aromatic carbocycles. The molecule has 0 saturated carbocycles. The van der Waals surface area contributed by atoms with Gasteiger partial charge in [-0.15, -0.1) is 5.10 Å². The van der Waals surface area contributed by atoms with E-state index in [4.69, 9.17) is 9.47 Å². The highest BCUT2D eigenvalue weighted by molar-refractivity contribution is 5.62. The topological polar surface area (TPSA) is 103 Å². The van der Waals surface area contributed by atoms with E-state index >= 15 is 0 Å². The van der Waals surface area contributed by atoms with Crippen molar-refractivity contribution in [3.05, 3.63) is 66.2 Å². The smallest absolute Gasteiger partial charge is 0.114 e. The summed E-state index contributed by atoms with van der Waals surface area (Å²) in [5.74, 6) is 0. The number of nitrogens with zero attached hydrogens (tertiary/aromatic N) is 4. The zero-order valence-electron chi connectivity index (χ0n) is 20.3. The third-order valence-electron chi connectivity index (χ3n) is 7.17. The minimum absolute atomic E-state index is 0.0189. The predicted molar refractivity (Wildman–Crippen MR) is 131 cm³/mol. The van der Waals surface area contributed by atoms with Gasteiger partial charge in [-0.1, -0.05) is 29.5 Å². The van der Waals surface area contributed by atoms with E-state index in [9.17, 15) is 10.2 Å². The number of aromatic nitrogens is 4. The third-order valence-corrected chi connectivity index (χ3v) is 7.17. The van der Waals surface area contributed by atoms with Crippen LogP contribution in [0.25, 0.3) is 11.1 Å². The lowest BCUT2D eigenvalue weighted by Gasteiger charge is -2.45. The fraction of sp³-hybridized carbons (Fsp3) is 0.519. The summed E-state index contributed by atoms with van der Waals surface area (Å²) < 4.78 is 14.6. The summed E-state index contributed by atoms with van der Waals surface area (Å²) in [4.78, 5) is 4.09. The number of benzene rings is 1. The molecule has 3 aromatic rings. The van der Waals surface area contributed by atoms with Gasteiger partial charge in [0.05, 0.1) is 43.3 Å². The van der Waals surface area contributed by atoms with E-state index in [1.807, 2.05) is 35.4 Å². The van der Waals surface area contributed by atoms with E-state index in [0.717, 1.165) is 37.7 Å². The van der Waals surface area contributed by atoms with Crippen LogP contribution in [-0.4, -0.2) is 61.2 Å². The number of aryl methyl sites for hydroxylation is 1. The molecule has 2 aliphatic rings. The molecule has 2 aromatic heterocycles. The lowest BCUT2D eigenvalue weighted by Crippen LogP contribution is -2.51. The van der Waals surface area contributed by atoms with E-state index in [0.29, 0.717) is 5.69 Å². The Hall–Kier alpha value is -2.65. The van der Waals surface area contributed by atoms with Crippen LogP contribution in [0.3, 0.4) is 0 Å². The highest BCUT2D eigenvalue weighted by Gasteiger charge is 2.43. The zero-order chi connectivity index (χ0) is 24.4. The average molecular weight is 479 g/mol. The molecule has 5 atom stereocenters. The molecule has 2 saturated heterocycles. The Morgan fingerprint density at radius 2 is 1.74 bits per heavy atom. The summed E-state index contributed by atoms with van der Waals surface area (Å²) in [6.45, 7) is 3.44. The highest BCUT2D eigenvalue weighted by Crippen LogP contribution is 2.38. The standard InChI is InChI=1S/C27H34N4O4/c1-27(2,33)26-16-31(30-29-26)22-15-25-24(10-8-21(17-32)34-25)35-23(22)9-5-18-3-6-19(7-4-18)20-11-13-28-14-12-20/h3-4,6-7,11-14,16,21-25,32-33H,5,8-10,15,17H2,1-2H3/t21-,22+,23-,24+,25+/m1/s1. The largest absolute Gasteiger partial charge is 0.394 e. The van der Waals surface area contributed by atoms with Crippen LogP contribution in [0.15, 0.2) is 55.0 Å². The maximum absolute atomic E-state index is 10.4. The second kappa shape index (κ2) is 10.1. The van der Waals surface area contributed by atoms with E-state index in [1.54, 1.807) is 13.8 Å². The van der Waals surface area contributed by atoms with Crippen LogP contribution in [0, 0.1) is 0 Å². The quantitative estimate of drug-likeness (QED) is 0.536. The first-order chi connectivity index (χ1) is 16.9. The van der Waals surface area contributed by atoms with E-state index in [1.165, 1.54) is 11.1 Å². The van der Waals surface area contributed by atoms with Crippen LogP contribution in [-0.2, 0) is 21.5 Å². The van der Waals surface area contributed by atoms with Crippen molar-refractivity contribution in [3.63, 3.8) is 0 Å². The summed E-state index contributed by atoms with van der Waals surface area (Å²) in [5, 5.41) is 28.5. The van der Waals surface area contributed by atoms with Crippen LogP contribution >= 0.6 is 0 Å². The first-order valence-electron chi connectivity index (χ1n) is 12.5. The summed E-state index contributed by atoms with van der Waals surface area (Å²) in [6.07, 6.45) is 9.31. The molecule has 8 heteroatoms. The molecule has 0 radical (unpaired) electrons. The monoisotopic (exact) mass is 478 g/mol. The van der Waals surface area contributed by atoms with Crippen molar-refractivity contribution in [1.82, 2.24) is 20.0 Å². The van der Waals surface area contributed by atoms with Gasteiger partial charge in [0.15, 0.2) is 0 Å². The molecular weight excluding hydrogens is 444 g/mol. The number of hydrogen-bond donors (Lipinski definition) is 2. The van der Waals surface area contributed by atoms with Gasteiger partial charge in [-0.05, 0) is 68.4 Å². The molecule has 0 spiro atoms. The molecule has 0 unspecified atom stereocenters. The zero-order valence-corrected chi connectivity index (χ0v) is 20.3. The number of fused-ring (bicyclic) bond motifs is 1. The molecule has 2 fully saturated rings. The van der Waals surface area contributed by atoms with E-state index in [2.05, 4.69) is 39.6 Å². The number of hydrogen-bond acceptors (Lipinski definition) is 7. The van der Waals surface area contributed by atoms with Gasteiger partial charge >= 0.3 is 0 Å². The summed E-state index contributed by atoms with van der Waals surface area (Å²) in [5.41, 5.74) is 3.04. The maximum atomic E-state index is 10.4. The van der Waals surface area contributed by atoms with Gasteiger partial charge in [0.2, 0.25) is 0 Å². The van der Waals surface area contributed by atoms with Gasteiger partial charge in [0, 0.05) is 18.8 Å². The van der Waals surface area contributed by atoms with E-state index < -0.39 is 5.60 Å². The first kappa shape index (κ1) is 24.1. The molecule has 4 heterocycles. The van der Waals surface area contributed by atoms with Crippen molar-refractivity contribution in [2.24, 2.45) is 0 Å². The molecule has 0 bridgehead atoms. The summed E-state index contributed by atoms with van der Waals surface area (Å²) in [7, 11) is 0. The highest BCUT2D eigenvalue weighted by atomic mass is 16.6. The Bertz CT molecular complexity index is 1100. The fourth-order valence-electron chi connectivity index (χ4n) is 5.12. The molecule has 8 nitrogen and oxygen atoms in total. The molecule has 2 N–H and O–H groups in total. The Morgan fingerprint density at radius 3 is 2.43 bits per heavy atom. The lowest BCUT2D eigenvalue weighted by molar-refractivity contribution is -0.209. The van der Waals surface area contributed by atoms with Gasteiger partial charge < -0.3 is 19.7 Å². The fourth-order valence-corrected chi connectivity index (χ4v) is 5.12. The first-order valence-corrected chi connectivity index (χ1v) is 12.5. The van der Waals surface area contributed by atoms with Crippen molar-refractivity contribution in [2.45, 2.75) is 82.0 Å². The molecule has 5 rings (SSSR count). The number of aliphatic hydroxyl groups is 2. The Morgan fingerprint density at radius 1 is 1.00 bits per heavy atom. The van der Waals surface area contributed by atoms with Gasteiger partial charge in [0.1, 0.15) is 11.3 Å². The third kappa shape index (κ3) is 5.46. The van der Waals surface area contributed by atoms with Crippen molar-refractivity contribution < 1.29 is 19.7 Å². The number of rotatable bonds is 7. The number of ether oxygens (including phenoxy) is 2. The minimum Gasteiger partial charge on any atom is -0.394 e. The predicted octanol–water partition coefficient (Wildman–Crippen LogP) is 3.44. The molecule has 2 aliphatic heterocycles. The second-order valence-electron chi connectivity index (χ2n) is 10.2. The van der Waals surface area contributed by atoms with Gasteiger partial charge in [-0.25, -0.2) is 4.68 Å². The van der Waals surface area contributed by atoms with Crippen molar-refractivity contribution >= 4 is 0 Å². The average Bonchev–Trinajstić information content (AvgIpc) is 3.38. The SMILES string of the molecule is CC(C)(O)c1cn([C@H]2C[C@@H]3O[C@@H](CO)CC[C@@H]3O[C@@H]2CCc2ccc(-c3ccncc3)cc2)nn1. The van der Waals surface area contributed by atoms with Gasteiger partial charge in [-0.2, -0.15) is 0 Å². The summed E-state index contributed by atoms with van der Waals surface area (Å²) >= 11 is 0. The molecule has 0 aliphatic carbocycles. The van der Waals surface area contributed by atoms with Gasteiger partial charge in [-0.3, -0.25) is 4.98 Å². The summed E-state index contributed by atoms with van der Waals surface area (Å²) in [6, 6.07) is 12.6. The Balaban J connectivity index is 1.32. The maximum Gasteiger partial charge on any atom is 0.114 e. The molecular formula is C27H34N4O4. The number of pyridine rings is 1. The van der Waals surface area contributed by atoms with Crippen molar-refractivity contribution in [1.29, 1.82) is 0 Å². The normalized spacial score (nSPS) is 26.9. The van der Waals surface area contributed by atoms with Crippen LogP contribution in [0.4, 0.5) is 0 Å². The molecule has 35 heavy (non-hydrogen) atoms. The Kier molecular flexibility index (Phi) is 6.98. The minimum atomic E-state index is -1.06.